The fourth-order valence-corrected chi connectivity index (χ4v) is 3.67. The minimum Gasteiger partial charge on any atom is -0.317 e. The number of rotatable bonds is 3. The highest BCUT2D eigenvalue weighted by molar-refractivity contribution is 9.10. The van der Waals surface area contributed by atoms with Crippen molar-refractivity contribution in [3.8, 4) is 5.69 Å². The summed E-state index contributed by atoms with van der Waals surface area (Å²) in [6.07, 6.45) is 3.86. The number of aliphatic imine (C=N–C) groups is 1. The van der Waals surface area contributed by atoms with E-state index in [9.17, 15) is 4.79 Å². The molecule has 1 aliphatic rings. The maximum Gasteiger partial charge on any atom is 0.264 e. The molecule has 2 heterocycles. The van der Waals surface area contributed by atoms with Gasteiger partial charge in [0.05, 0.1) is 10.6 Å². The van der Waals surface area contributed by atoms with E-state index in [0.29, 0.717) is 10.1 Å². The van der Waals surface area contributed by atoms with Gasteiger partial charge in [-0.2, -0.15) is 0 Å². The number of thioether (sulfide) groups is 1. The minimum absolute atomic E-state index is 0.131. The zero-order chi connectivity index (χ0) is 17.9. The van der Waals surface area contributed by atoms with E-state index in [1.165, 1.54) is 11.8 Å². The molecule has 0 saturated carbocycles. The Morgan fingerprint density at radius 3 is 2.54 bits per heavy atom. The van der Waals surface area contributed by atoms with Gasteiger partial charge in [-0.25, -0.2) is 4.99 Å². The highest BCUT2D eigenvalue weighted by Crippen LogP contribution is 2.28. The van der Waals surface area contributed by atoms with Crippen molar-refractivity contribution >= 4 is 50.5 Å². The molecule has 6 heteroatoms. The molecule has 0 radical (unpaired) electrons. The first kappa shape index (κ1) is 16.9. The van der Waals surface area contributed by atoms with Crippen molar-refractivity contribution in [3.05, 3.63) is 88.0 Å². The lowest BCUT2D eigenvalue weighted by molar-refractivity contribution is -0.115. The van der Waals surface area contributed by atoms with Crippen LogP contribution in [0, 0.1) is 0 Å². The quantitative estimate of drug-likeness (QED) is 0.593. The molecule has 1 aromatic heterocycles. The van der Waals surface area contributed by atoms with E-state index in [2.05, 4.69) is 26.2 Å². The molecule has 1 fully saturated rings. The zero-order valence-electron chi connectivity index (χ0n) is 13.6. The number of hydrogen-bond acceptors (Lipinski definition) is 3. The molecular formula is C20H14BrN3OS. The van der Waals surface area contributed by atoms with Gasteiger partial charge in [-0.15, -0.1) is 0 Å². The molecule has 2 aromatic carbocycles. The van der Waals surface area contributed by atoms with Crippen LogP contribution in [0.5, 0.6) is 0 Å². The van der Waals surface area contributed by atoms with Crippen LogP contribution in [0.3, 0.4) is 0 Å². The third-order valence-corrected chi connectivity index (χ3v) is 5.24. The molecule has 1 saturated heterocycles. The summed E-state index contributed by atoms with van der Waals surface area (Å²) in [7, 11) is 0. The Morgan fingerprint density at radius 2 is 1.77 bits per heavy atom. The number of benzene rings is 2. The van der Waals surface area contributed by atoms with Crippen molar-refractivity contribution in [1.82, 2.24) is 9.88 Å². The molecule has 4 nitrogen and oxygen atoms in total. The molecule has 3 aromatic rings. The summed E-state index contributed by atoms with van der Waals surface area (Å²) < 4.78 is 3.07. The summed E-state index contributed by atoms with van der Waals surface area (Å²) >= 11 is 4.80. The number of amides is 1. The Morgan fingerprint density at radius 1 is 1.00 bits per heavy atom. The Bertz CT molecular complexity index is 1010. The van der Waals surface area contributed by atoms with Crippen LogP contribution < -0.4 is 5.32 Å². The molecular weight excluding hydrogens is 410 g/mol. The van der Waals surface area contributed by atoms with E-state index in [0.717, 1.165) is 21.5 Å². The van der Waals surface area contributed by atoms with E-state index in [-0.39, 0.29) is 5.91 Å². The van der Waals surface area contributed by atoms with Crippen LogP contribution in [0.1, 0.15) is 5.69 Å². The van der Waals surface area contributed by atoms with Gasteiger partial charge in [0, 0.05) is 22.1 Å². The summed E-state index contributed by atoms with van der Waals surface area (Å²) in [5.41, 5.74) is 2.78. The smallest absolute Gasteiger partial charge is 0.264 e. The maximum absolute atomic E-state index is 12.3. The first-order valence-electron chi connectivity index (χ1n) is 7.97. The van der Waals surface area contributed by atoms with Crippen LogP contribution in [0.2, 0.25) is 0 Å². The summed E-state index contributed by atoms with van der Waals surface area (Å²) in [4.78, 5) is 17.4. The van der Waals surface area contributed by atoms with Crippen LogP contribution in [0.15, 0.2) is 87.3 Å². The van der Waals surface area contributed by atoms with Gasteiger partial charge < -0.3 is 9.88 Å². The molecule has 0 atom stereocenters. The molecule has 0 unspecified atom stereocenters. The largest absolute Gasteiger partial charge is 0.317 e. The number of amidine groups is 1. The van der Waals surface area contributed by atoms with Gasteiger partial charge in [0.25, 0.3) is 5.91 Å². The second-order valence-corrected chi connectivity index (χ2v) is 7.54. The SMILES string of the molecule is O=C1NC(=Nc2ccccc2)S/C1=C\c1cccn1-c1ccc(Br)cc1. The number of nitrogens with one attached hydrogen (secondary N) is 1. The molecule has 0 bridgehead atoms. The molecule has 4 rings (SSSR count). The Hall–Kier alpha value is -2.57. The van der Waals surface area contributed by atoms with Crippen LogP contribution in [-0.4, -0.2) is 15.6 Å². The van der Waals surface area contributed by atoms with Crippen molar-refractivity contribution in [2.45, 2.75) is 0 Å². The van der Waals surface area contributed by atoms with Gasteiger partial charge in [0.15, 0.2) is 5.17 Å². The normalized spacial score (nSPS) is 17.0. The minimum atomic E-state index is -0.131. The van der Waals surface area contributed by atoms with E-state index in [4.69, 9.17) is 0 Å². The predicted molar refractivity (Wildman–Crippen MR) is 111 cm³/mol. The van der Waals surface area contributed by atoms with E-state index >= 15 is 0 Å². The lowest BCUT2D eigenvalue weighted by Crippen LogP contribution is -2.19. The second-order valence-electron chi connectivity index (χ2n) is 5.60. The van der Waals surface area contributed by atoms with Crippen LogP contribution >= 0.6 is 27.7 Å². The van der Waals surface area contributed by atoms with E-state index in [1.54, 1.807) is 0 Å². The highest BCUT2D eigenvalue weighted by atomic mass is 79.9. The fourth-order valence-electron chi connectivity index (χ4n) is 2.58. The van der Waals surface area contributed by atoms with Gasteiger partial charge in [0.2, 0.25) is 0 Å². The average Bonchev–Trinajstić information content (AvgIpc) is 3.24. The standard InChI is InChI=1S/C20H14BrN3OS/c21-14-8-10-16(11-9-14)24-12-4-7-17(24)13-18-19(25)23-20(26-18)22-15-5-2-1-3-6-15/h1-13H,(H,22,23,25)/b18-13-. The number of halogens is 1. The van der Waals surface area contributed by atoms with Crippen LogP contribution in [0.25, 0.3) is 11.8 Å². The predicted octanol–water partition coefficient (Wildman–Crippen LogP) is 5.13. The van der Waals surface area contributed by atoms with Crippen molar-refractivity contribution in [2.24, 2.45) is 4.99 Å². The number of para-hydroxylation sites is 1. The third kappa shape index (κ3) is 3.66. The highest BCUT2D eigenvalue weighted by Gasteiger charge is 2.24. The number of nitrogens with zero attached hydrogens (tertiary/aromatic N) is 2. The Balaban J connectivity index is 1.62. The molecule has 1 amide bonds. The van der Waals surface area contributed by atoms with Crippen molar-refractivity contribution in [3.63, 3.8) is 0 Å². The second kappa shape index (κ2) is 7.35. The molecule has 1 aliphatic heterocycles. The van der Waals surface area contributed by atoms with Gasteiger partial charge >= 0.3 is 0 Å². The van der Waals surface area contributed by atoms with Crippen LogP contribution in [-0.2, 0) is 4.79 Å². The van der Waals surface area contributed by atoms with Gasteiger partial charge in [-0.05, 0) is 66.4 Å². The topological polar surface area (TPSA) is 46.4 Å². The molecule has 128 valence electrons. The Kier molecular flexibility index (Phi) is 4.77. The third-order valence-electron chi connectivity index (χ3n) is 3.80. The van der Waals surface area contributed by atoms with Crippen molar-refractivity contribution < 1.29 is 4.79 Å². The average molecular weight is 424 g/mol. The van der Waals surface area contributed by atoms with Gasteiger partial charge in [-0.1, -0.05) is 34.1 Å². The number of aromatic nitrogens is 1. The number of hydrogen-bond donors (Lipinski definition) is 1. The lowest BCUT2D eigenvalue weighted by atomic mass is 10.3. The van der Waals surface area contributed by atoms with E-state index < -0.39 is 0 Å². The summed E-state index contributed by atoms with van der Waals surface area (Å²) in [6.45, 7) is 0. The maximum atomic E-state index is 12.3. The monoisotopic (exact) mass is 423 g/mol. The summed E-state index contributed by atoms with van der Waals surface area (Å²) in [5.74, 6) is -0.131. The first-order chi connectivity index (χ1) is 12.7. The summed E-state index contributed by atoms with van der Waals surface area (Å²) in [6, 6.07) is 21.6. The lowest BCUT2D eigenvalue weighted by Gasteiger charge is -2.07. The van der Waals surface area contributed by atoms with Gasteiger partial charge in [0.1, 0.15) is 0 Å². The number of carbonyl (C=O) groups excluding carboxylic acids is 1. The van der Waals surface area contributed by atoms with Crippen LogP contribution in [0.4, 0.5) is 5.69 Å². The first-order valence-corrected chi connectivity index (χ1v) is 9.58. The number of carbonyl (C=O) groups is 1. The van der Waals surface area contributed by atoms with E-state index in [1.807, 2.05) is 83.6 Å². The molecule has 1 N–H and O–H groups in total. The zero-order valence-corrected chi connectivity index (χ0v) is 16.0. The molecule has 0 aliphatic carbocycles. The van der Waals surface area contributed by atoms with Crippen molar-refractivity contribution in [2.75, 3.05) is 0 Å². The molecule has 26 heavy (non-hydrogen) atoms. The molecule has 0 spiro atoms. The fraction of sp³-hybridized carbons (Fsp3) is 0. The summed E-state index contributed by atoms with van der Waals surface area (Å²) in [5, 5.41) is 3.41. The van der Waals surface area contributed by atoms with Gasteiger partial charge in [-0.3, -0.25) is 4.79 Å². The Labute approximate surface area is 163 Å². The van der Waals surface area contributed by atoms with Crippen molar-refractivity contribution in [1.29, 1.82) is 0 Å².